The van der Waals surface area contributed by atoms with E-state index in [9.17, 15) is 9.18 Å². The predicted octanol–water partition coefficient (Wildman–Crippen LogP) is 1.66. The number of hydrogen-bond acceptors (Lipinski definition) is 4. The Kier molecular flexibility index (Phi) is 4.29. The summed E-state index contributed by atoms with van der Waals surface area (Å²) in [6.07, 6.45) is 0.431. The van der Waals surface area contributed by atoms with Crippen molar-refractivity contribution in [2.75, 3.05) is 13.6 Å². The van der Waals surface area contributed by atoms with Crippen molar-refractivity contribution in [2.24, 2.45) is 0 Å². The standard InChI is InChI=1S/C13H15FN4O2/c1-8-7-9(3-4-10(8)14)12-17-11(20-18-12)5-6-16-13(19)15-2/h3-4,7H,5-6H2,1-2H3,(H2,15,16,19). The minimum absolute atomic E-state index is 0.265. The Balaban J connectivity index is 2.01. The lowest BCUT2D eigenvalue weighted by Crippen LogP contribution is -2.34. The predicted molar refractivity (Wildman–Crippen MR) is 70.6 cm³/mol. The van der Waals surface area contributed by atoms with Crippen LogP contribution in [0.5, 0.6) is 0 Å². The van der Waals surface area contributed by atoms with Crippen LogP contribution < -0.4 is 10.6 Å². The van der Waals surface area contributed by atoms with Gasteiger partial charge in [-0.15, -0.1) is 0 Å². The van der Waals surface area contributed by atoms with Gasteiger partial charge in [0.1, 0.15) is 5.82 Å². The molecule has 20 heavy (non-hydrogen) atoms. The molecule has 0 spiro atoms. The summed E-state index contributed by atoms with van der Waals surface area (Å²) < 4.78 is 18.3. The Labute approximate surface area is 115 Å². The van der Waals surface area contributed by atoms with E-state index in [0.717, 1.165) is 0 Å². The van der Waals surface area contributed by atoms with Crippen molar-refractivity contribution in [3.05, 3.63) is 35.5 Å². The highest BCUT2D eigenvalue weighted by Gasteiger charge is 2.10. The van der Waals surface area contributed by atoms with Gasteiger partial charge in [-0.05, 0) is 30.7 Å². The number of benzene rings is 1. The van der Waals surface area contributed by atoms with Gasteiger partial charge in [-0.3, -0.25) is 0 Å². The van der Waals surface area contributed by atoms with E-state index in [1.165, 1.54) is 13.1 Å². The molecule has 2 rings (SSSR count). The zero-order valence-corrected chi connectivity index (χ0v) is 11.2. The normalized spacial score (nSPS) is 10.3. The number of aromatic nitrogens is 2. The van der Waals surface area contributed by atoms with Crippen LogP contribution in [0.1, 0.15) is 11.5 Å². The van der Waals surface area contributed by atoms with E-state index in [-0.39, 0.29) is 11.8 Å². The second kappa shape index (κ2) is 6.14. The Hall–Kier alpha value is -2.44. The number of rotatable bonds is 4. The van der Waals surface area contributed by atoms with Crippen molar-refractivity contribution in [3.63, 3.8) is 0 Å². The van der Waals surface area contributed by atoms with Crippen molar-refractivity contribution in [1.29, 1.82) is 0 Å². The van der Waals surface area contributed by atoms with E-state index in [4.69, 9.17) is 4.52 Å². The Morgan fingerprint density at radius 3 is 2.95 bits per heavy atom. The number of amides is 2. The van der Waals surface area contributed by atoms with Crippen molar-refractivity contribution in [3.8, 4) is 11.4 Å². The molecule has 1 heterocycles. The molecular weight excluding hydrogens is 263 g/mol. The summed E-state index contributed by atoms with van der Waals surface area (Å²) in [5.74, 6) is 0.550. The average Bonchev–Trinajstić information content (AvgIpc) is 2.90. The molecule has 0 aliphatic carbocycles. The Morgan fingerprint density at radius 2 is 2.25 bits per heavy atom. The number of urea groups is 1. The lowest BCUT2D eigenvalue weighted by molar-refractivity contribution is 0.242. The summed E-state index contributed by atoms with van der Waals surface area (Å²) in [4.78, 5) is 15.2. The van der Waals surface area contributed by atoms with Gasteiger partial charge < -0.3 is 15.2 Å². The van der Waals surface area contributed by atoms with Gasteiger partial charge in [0.15, 0.2) is 0 Å². The van der Waals surface area contributed by atoms with Gasteiger partial charge in [-0.25, -0.2) is 9.18 Å². The number of hydrogen-bond donors (Lipinski definition) is 2. The highest BCUT2D eigenvalue weighted by atomic mass is 19.1. The maximum Gasteiger partial charge on any atom is 0.314 e. The van der Waals surface area contributed by atoms with Crippen LogP contribution in [0.4, 0.5) is 9.18 Å². The topological polar surface area (TPSA) is 80.0 Å². The molecule has 2 aromatic rings. The first-order valence-electron chi connectivity index (χ1n) is 6.15. The fourth-order valence-electron chi connectivity index (χ4n) is 1.63. The number of aryl methyl sites for hydroxylation is 1. The summed E-state index contributed by atoms with van der Waals surface area (Å²) >= 11 is 0. The molecule has 0 aliphatic rings. The second-order valence-corrected chi connectivity index (χ2v) is 4.23. The van der Waals surface area contributed by atoms with Crippen LogP contribution in [-0.4, -0.2) is 29.8 Å². The van der Waals surface area contributed by atoms with Crippen molar-refractivity contribution >= 4 is 6.03 Å². The zero-order valence-electron chi connectivity index (χ0n) is 11.2. The fraction of sp³-hybridized carbons (Fsp3) is 0.308. The van der Waals surface area contributed by atoms with Gasteiger partial charge in [0, 0.05) is 25.6 Å². The van der Waals surface area contributed by atoms with Crippen LogP contribution in [0.3, 0.4) is 0 Å². The molecule has 0 radical (unpaired) electrons. The van der Waals surface area contributed by atoms with Gasteiger partial charge >= 0.3 is 6.03 Å². The van der Waals surface area contributed by atoms with Gasteiger partial charge in [-0.2, -0.15) is 4.98 Å². The molecule has 0 unspecified atom stereocenters. The zero-order chi connectivity index (χ0) is 14.5. The third kappa shape index (κ3) is 3.31. The molecule has 0 aliphatic heterocycles. The Bertz CT molecular complexity index is 612. The second-order valence-electron chi connectivity index (χ2n) is 4.23. The fourth-order valence-corrected chi connectivity index (χ4v) is 1.63. The molecule has 1 aromatic heterocycles. The van der Waals surface area contributed by atoms with E-state index < -0.39 is 0 Å². The minimum Gasteiger partial charge on any atom is -0.341 e. The number of carbonyl (C=O) groups excluding carboxylic acids is 1. The first-order valence-corrected chi connectivity index (χ1v) is 6.15. The average molecular weight is 278 g/mol. The molecule has 0 fully saturated rings. The van der Waals surface area contributed by atoms with Crippen molar-refractivity contribution in [2.45, 2.75) is 13.3 Å². The van der Waals surface area contributed by atoms with Gasteiger partial charge in [0.2, 0.25) is 11.7 Å². The summed E-state index contributed by atoms with van der Waals surface area (Å²) in [6.45, 7) is 2.07. The van der Waals surface area contributed by atoms with Crippen LogP contribution >= 0.6 is 0 Å². The van der Waals surface area contributed by atoms with E-state index >= 15 is 0 Å². The number of halogens is 1. The first-order chi connectivity index (χ1) is 9.60. The van der Waals surface area contributed by atoms with Crippen molar-refractivity contribution in [1.82, 2.24) is 20.8 Å². The van der Waals surface area contributed by atoms with Crippen LogP contribution in [-0.2, 0) is 6.42 Å². The molecule has 0 saturated heterocycles. The van der Waals surface area contributed by atoms with Gasteiger partial charge in [0.25, 0.3) is 0 Å². The number of nitrogens with one attached hydrogen (secondary N) is 2. The molecular formula is C13H15FN4O2. The Morgan fingerprint density at radius 1 is 1.45 bits per heavy atom. The lowest BCUT2D eigenvalue weighted by atomic mass is 10.1. The quantitative estimate of drug-likeness (QED) is 0.891. The van der Waals surface area contributed by atoms with Crippen molar-refractivity contribution < 1.29 is 13.7 Å². The van der Waals surface area contributed by atoms with Crippen LogP contribution in [0.25, 0.3) is 11.4 Å². The molecule has 2 amide bonds. The lowest BCUT2D eigenvalue weighted by Gasteiger charge is -2.00. The van der Waals surface area contributed by atoms with E-state index in [0.29, 0.717) is 35.8 Å². The van der Waals surface area contributed by atoms with E-state index in [1.807, 2.05) is 0 Å². The maximum atomic E-state index is 13.2. The number of carbonyl (C=O) groups is 1. The summed E-state index contributed by atoms with van der Waals surface area (Å²) in [5.41, 5.74) is 1.22. The molecule has 0 bridgehead atoms. The molecule has 7 heteroatoms. The largest absolute Gasteiger partial charge is 0.341 e. The minimum atomic E-state index is -0.271. The molecule has 106 valence electrons. The molecule has 2 N–H and O–H groups in total. The monoisotopic (exact) mass is 278 g/mol. The highest BCUT2D eigenvalue weighted by Crippen LogP contribution is 2.19. The SMILES string of the molecule is CNC(=O)NCCc1nc(-c2ccc(F)c(C)c2)no1. The first kappa shape index (κ1) is 14.0. The summed E-state index contributed by atoms with van der Waals surface area (Å²) in [5, 5.41) is 8.90. The molecule has 0 saturated carbocycles. The smallest absolute Gasteiger partial charge is 0.314 e. The van der Waals surface area contributed by atoms with Gasteiger partial charge in [-0.1, -0.05) is 5.16 Å². The summed E-state index contributed by atoms with van der Waals surface area (Å²) in [6, 6.07) is 4.36. The number of nitrogens with zero attached hydrogens (tertiary/aromatic N) is 2. The van der Waals surface area contributed by atoms with Crippen LogP contribution in [0.15, 0.2) is 22.7 Å². The van der Waals surface area contributed by atoms with Gasteiger partial charge in [0.05, 0.1) is 0 Å². The summed E-state index contributed by atoms with van der Waals surface area (Å²) in [7, 11) is 1.54. The van der Waals surface area contributed by atoms with Crippen LogP contribution in [0.2, 0.25) is 0 Å². The van der Waals surface area contributed by atoms with E-state index in [2.05, 4.69) is 20.8 Å². The van der Waals surface area contributed by atoms with E-state index in [1.54, 1.807) is 19.1 Å². The molecule has 1 aromatic carbocycles. The van der Waals surface area contributed by atoms with Crippen LogP contribution in [0, 0.1) is 12.7 Å². The maximum absolute atomic E-state index is 13.2. The molecule has 0 atom stereocenters. The molecule has 6 nitrogen and oxygen atoms in total. The third-order valence-electron chi connectivity index (χ3n) is 2.74. The third-order valence-corrected chi connectivity index (χ3v) is 2.74. The highest BCUT2D eigenvalue weighted by molar-refractivity contribution is 5.73.